The normalized spacial score (nSPS) is 11.3. The van der Waals surface area contributed by atoms with E-state index in [4.69, 9.17) is 0 Å². The first-order chi connectivity index (χ1) is 8.90. The zero-order valence-electron chi connectivity index (χ0n) is 9.40. The van der Waals surface area contributed by atoms with Gasteiger partial charge >= 0.3 is 0 Å². The molecule has 0 atom stereocenters. The van der Waals surface area contributed by atoms with Gasteiger partial charge in [-0.2, -0.15) is 0 Å². The number of rotatable bonds is 3. The highest BCUT2D eigenvalue weighted by Gasteiger charge is 2.18. The summed E-state index contributed by atoms with van der Waals surface area (Å²) in [6.07, 6.45) is 0. The fourth-order valence-corrected chi connectivity index (χ4v) is 3.86. The Morgan fingerprint density at radius 2 is 1.74 bits per heavy atom. The van der Waals surface area contributed by atoms with Crippen LogP contribution in [0.15, 0.2) is 56.3 Å². The van der Waals surface area contributed by atoms with Crippen LogP contribution in [0.3, 0.4) is 0 Å². The maximum absolute atomic E-state index is 13.6. The van der Waals surface area contributed by atoms with Crippen molar-refractivity contribution in [2.24, 2.45) is 0 Å². The molecule has 0 aliphatic heterocycles. The van der Waals surface area contributed by atoms with E-state index in [1.807, 2.05) is 0 Å². The molecule has 0 unspecified atom stereocenters. The summed E-state index contributed by atoms with van der Waals surface area (Å²) >= 11 is 6.32. The van der Waals surface area contributed by atoms with Crippen LogP contribution in [0.25, 0.3) is 0 Å². The van der Waals surface area contributed by atoms with Gasteiger partial charge in [0.1, 0.15) is 10.7 Å². The number of halogens is 3. The van der Waals surface area contributed by atoms with Crippen molar-refractivity contribution < 1.29 is 12.8 Å². The van der Waals surface area contributed by atoms with E-state index in [0.717, 1.165) is 0 Å². The second-order valence-corrected chi connectivity index (χ2v) is 7.08. The molecule has 2 aromatic rings. The minimum absolute atomic E-state index is 0.0503. The molecule has 7 heteroatoms. The quantitative estimate of drug-likeness (QED) is 0.828. The SMILES string of the molecule is O=S(=O)(Nc1cc(Br)ccc1F)c1ccccc1Br. The fourth-order valence-electron chi connectivity index (χ4n) is 1.44. The Labute approximate surface area is 127 Å². The van der Waals surface area contributed by atoms with E-state index in [-0.39, 0.29) is 10.6 Å². The van der Waals surface area contributed by atoms with Crippen molar-refractivity contribution in [1.82, 2.24) is 0 Å². The number of sulfonamides is 1. The van der Waals surface area contributed by atoms with Gasteiger partial charge in [-0.3, -0.25) is 4.72 Å². The predicted molar refractivity (Wildman–Crippen MR) is 79.1 cm³/mol. The van der Waals surface area contributed by atoms with Crippen LogP contribution in [-0.2, 0) is 10.0 Å². The van der Waals surface area contributed by atoms with Crippen molar-refractivity contribution in [2.75, 3.05) is 4.72 Å². The highest BCUT2D eigenvalue weighted by Crippen LogP contribution is 2.26. The summed E-state index contributed by atoms with van der Waals surface area (Å²) in [5.74, 6) is -0.640. The van der Waals surface area contributed by atoms with E-state index in [9.17, 15) is 12.8 Å². The van der Waals surface area contributed by atoms with E-state index < -0.39 is 15.8 Å². The molecule has 0 spiro atoms. The van der Waals surface area contributed by atoms with Crippen molar-refractivity contribution in [3.8, 4) is 0 Å². The molecule has 0 heterocycles. The molecule has 0 bridgehead atoms. The Hall–Kier alpha value is -0.920. The lowest BCUT2D eigenvalue weighted by molar-refractivity contribution is 0.598. The monoisotopic (exact) mass is 407 g/mol. The first kappa shape index (κ1) is 14.5. The lowest BCUT2D eigenvalue weighted by atomic mass is 10.3. The molecule has 1 N–H and O–H groups in total. The smallest absolute Gasteiger partial charge is 0.263 e. The lowest BCUT2D eigenvalue weighted by Gasteiger charge is -2.10. The predicted octanol–water partition coefficient (Wildman–Crippen LogP) is 4.15. The Morgan fingerprint density at radius 1 is 1.05 bits per heavy atom. The second kappa shape index (κ2) is 5.60. The minimum atomic E-state index is -3.84. The number of hydrogen-bond donors (Lipinski definition) is 1. The van der Waals surface area contributed by atoms with E-state index in [2.05, 4.69) is 36.6 Å². The molecular weight excluding hydrogens is 401 g/mol. The van der Waals surface area contributed by atoms with Crippen molar-refractivity contribution in [3.63, 3.8) is 0 Å². The summed E-state index contributed by atoms with van der Waals surface area (Å²) in [4.78, 5) is 0.0503. The largest absolute Gasteiger partial charge is 0.277 e. The van der Waals surface area contributed by atoms with Gasteiger partial charge in [0.05, 0.1) is 5.69 Å². The summed E-state index contributed by atoms with van der Waals surface area (Å²) in [5.41, 5.74) is -0.106. The Kier molecular flexibility index (Phi) is 4.27. The van der Waals surface area contributed by atoms with Crippen LogP contribution in [0.4, 0.5) is 10.1 Å². The molecule has 100 valence electrons. The Bertz CT molecular complexity index is 719. The molecule has 0 aliphatic carbocycles. The maximum Gasteiger partial charge on any atom is 0.263 e. The summed E-state index contributed by atoms with van der Waals surface area (Å²) in [5, 5.41) is 0. The first-order valence-electron chi connectivity index (χ1n) is 5.12. The molecule has 0 saturated heterocycles. The van der Waals surface area contributed by atoms with Gasteiger partial charge in [0, 0.05) is 8.95 Å². The molecule has 0 saturated carbocycles. The van der Waals surface area contributed by atoms with Crippen LogP contribution in [0.1, 0.15) is 0 Å². The standard InChI is InChI=1S/C12H8Br2FNO2S/c13-8-5-6-10(15)11(7-8)16-19(17,18)12-4-2-1-3-9(12)14/h1-7,16H. The Balaban J connectivity index is 2.43. The third kappa shape index (κ3) is 3.34. The number of hydrogen-bond acceptors (Lipinski definition) is 2. The van der Waals surface area contributed by atoms with Gasteiger partial charge in [-0.1, -0.05) is 28.1 Å². The van der Waals surface area contributed by atoms with Crippen molar-refractivity contribution in [3.05, 3.63) is 57.2 Å². The van der Waals surface area contributed by atoms with Crippen LogP contribution < -0.4 is 4.72 Å². The minimum Gasteiger partial charge on any atom is -0.277 e. The van der Waals surface area contributed by atoms with Crippen LogP contribution >= 0.6 is 31.9 Å². The van der Waals surface area contributed by atoms with Crippen LogP contribution in [-0.4, -0.2) is 8.42 Å². The van der Waals surface area contributed by atoms with Gasteiger partial charge in [0.25, 0.3) is 10.0 Å². The lowest BCUT2D eigenvalue weighted by Crippen LogP contribution is -2.14. The Morgan fingerprint density at radius 3 is 2.42 bits per heavy atom. The molecule has 0 amide bonds. The molecule has 0 aliphatic rings. The molecule has 2 aromatic carbocycles. The topological polar surface area (TPSA) is 46.2 Å². The third-order valence-corrected chi connectivity index (χ3v) is 5.17. The van der Waals surface area contributed by atoms with Crippen molar-refractivity contribution in [1.29, 1.82) is 0 Å². The van der Waals surface area contributed by atoms with Gasteiger partial charge in [0.15, 0.2) is 0 Å². The summed E-state index contributed by atoms with van der Waals surface area (Å²) < 4.78 is 41.1. The van der Waals surface area contributed by atoms with Gasteiger partial charge in [0.2, 0.25) is 0 Å². The van der Waals surface area contributed by atoms with E-state index in [1.54, 1.807) is 18.2 Å². The third-order valence-electron chi connectivity index (χ3n) is 2.30. The zero-order chi connectivity index (χ0) is 14.0. The van der Waals surface area contributed by atoms with Gasteiger partial charge in [-0.15, -0.1) is 0 Å². The van der Waals surface area contributed by atoms with Gasteiger partial charge < -0.3 is 0 Å². The molecular formula is C12H8Br2FNO2S. The average Bonchev–Trinajstić information content (AvgIpc) is 2.34. The fraction of sp³-hybridized carbons (Fsp3) is 0. The summed E-state index contributed by atoms with van der Waals surface area (Å²) in [7, 11) is -3.84. The molecule has 0 aromatic heterocycles. The molecule has 2 rings (SSSR count). The second-order valence-electron chi connectivity index (χ2n) is 3.66. The van der Waals surface area contributed by atoms with Crippen LogP contribution in [0.5, 0.6) is 0 Å². The summed E-state index contributed by atoms with van der Waals surface area (Å²) in [6.45, 7) is 0. The zero-order valence-corrected chi connectivity index (χ0v) is 13.4. The van der Waals surface area contributed by atoms with Crippen molar-refractivity contribution in [2.45, 2.75) is 4.90 Å². The summed E-state index contributed by atoms with van der Waals surface area (Å²) in [6, 6.07) is 10.4. The maximum atomic E-state index is 13.6. The molecule has 3 nitrogen and oxygen atoms in total. The number of anilines is 1. The van der Waals surface area contributed by atoms with Crippen LogP contribution in [0.2, 0.25) is 0 Å². The van der Waals surface area contributed by atoms with Crippen LogP contribution in [0, 0.1) is 5.82 Å². The highest BCUT2D eigenvalue weighted by atomic mass is 79.9. The molecule has 19 heavy (non-hydrogen) atoms. The van der Waals surface area contributed by atoms with Gasteiger partial charge in [-0.05, 0) is 46.3 Å². The van der Waals surface area contributed by atoms with E-state index in [0.29, 0.717) is 8.95 Å². The van der Waals surface area contributed by atoms with Gasteiger partial charge in [-0.25, -0.2) is 12.8 Å². The van der Waals surface area contributed by atoms with E-state index in [1.165, 1.54) is 24.3 Å². The number of benzene rings is 2. The molecule has 0 fully saturated rings. The highest BCUT2D eigenvalue weighted by molar-refractivity contribution is 9.10. The van der Waals surface area contributed by atoms with Crippen molar-refractivity contribution >= 4 is 47.6 Å². The van der Waals surface area contributed by atoms with E-state index >= 15 is 0 Å². The average molecular weight is 409 g/mol. The molecule has 0 radical (unpaired) electrons. The first-order valence-corrected chi connectivity index (χ1v) is 8.19. The number of nitrogens with one attached hydrogen (secondary N) is 1.